The molecule has 4 aromatic rings. The second kappa shape index (κ2) is 10.5. The van der Waals surface area contributed by atoms with E-state index in [9.17, 15) is 8.42 Å². The summed E-state index contributed by atoms with van der Waals surface area (Å²) in [6.07, 6.45) is 0.00113. The molecule has 0 amide bonds. The van der Waals surface area contributed by atoms with Crippen LogP contribution in [0.3, 0.4) is 0 Å². The van der Waals surface area contributed by atoms with Crippen molar-refractivity contribution in [2.24, 2.45) is 0 Å². The Morgan fingerprint density at radius 2 is 1.36 bits per heavy atom. The number of sulfone groups is 1. The Hall–Kier alpha value is -3.14. The van der Waals surface area contributed by atoms with Crippen LogP contribution in [0.15, 0.2) is 96.2 Å². The number of aromatic nitrogens is 4. The van der Waals surface area contributed by atoms with Crippen LogP contribution >= 0.6 is 0 Å². The monoisotopic (exact) mass is 520 g/mol. The Kier molecular flexibility index (Phi) is 7.53. The Morgan fingerprint density at radius 3 is 1.86 bits per heavy atom. The van der Waals surface area contributed by atoms with Gasteiger partial charge in [-0.05, 0) is 51.3 Å². The van der Waals surface area contributed by atoms with E-state index >= 15 is 0 Å². The summed E-state index contributed by atoms with van der Waals surface area (Å²) in [5.74, 6) is -0.125. The molecule has 0 aliphatic carbocycles. The van der Waals surface area contributed by atoms with Crippen LogP contribution in [-0.4, -0.2) is 48.8 Å². The van der Waals surface area contributed by atoms with Crippen molar-refractivity contribution in [2.45, 2.75) is 50.4 Å². The normalized spacial score (nSPS) is 13.4. The summed E-state index contributed by atoms with van der Waals surface area (Å²) in [7, 11) is -6.53. The lowest BCUT2D eigenvalue weighted by molar-refractivity contribution is 0.203. The molecule has 0 saturated carbocycles. The summed E-state index contributed by atoms with van der Waals surface area (Å²) in [5, 5.41) is 13.3. The third kappa shape index (κ3) is 5.18. The lowest BCUT2D eigenvalue weighted by Crippen LogP contribution is -2.67. The van der Waals surface area contributed by atoms with Crippen molar-refractivity contribution in [1.82, 2.24) is 20.2 Å². The van der Waals surface area contributed by atoms with Gasteiger partial charge in [-0.1, -0.05) is 105 Å². The van der Waals surface area contributed by atoms with Crippen LogP contribution in [0.4, 0.5) is 0 Å². The van der Waals surface area contributed by atoms with E-state index in [2.05, 4.69) is 60.6 Å². The number of para-hydroxylation sites is 1. The van der Waals surface area contributed by atoms with E-state index in [1.54, 1.807) is 12.1 Å². The van der Waals surface area contributed by atoms with Crippen LogP contribution in [-0.2, 0) is 14.3 Å². The molecule has 188 valence electrons. The number of rotatable bonds is 9. The largest absolute Gasteiger partial charge is 0.405 e. The van der Waals surface area contributed by atoms with Gasteiger partial charge in [-0.25, -0.2) is 8.42 Å². The zero-order valence-electron chi connectivity index (χ0n) is 21.1. The maximum absolute atomic E-state index is 13.3. The van der Waals surface area contributed by atoms with E-state index in [-0.39, 0.29) is 22.1 Å². The van der Waals surface area contributed by atoms with Gasteiger partial charge in [0.05, 0.1) is 11.4 Å². The Balaban J connectivity index is 1.62. The molecule has 0 bridgehead atoms. The van der Waals surface area contributed by atoms with Gasteiger partial charge in [0, 0.05) is 6.10 Å². The summed E-state index contributed by atoms with van der Waals surface area (Å²) < 4.78 is 34.9. The minimum atomic E-state index is -3.75. The summed E-state index contributed by atoms with van der Waals surface area (Å²) in [5.41, 5.74) is 0.595. The molecule has 0 saturated heterocycles. The van der Waals surface area contributed by atoms with Gasteiger partial charge in [-0.2, -0.15) is 4.68 Å². The summed E-state index contributed by atoms with van der Waals surface area (Å²) in [6.45, 7) is 8.57. The highest BCUT2D eigenvalue weighted by atomic mass is 32.2. The van der Waals surface area contributed by atoms with Gasteiger partial charge < -0.3 is 4.43 Å². The first-order valence-electron chi connectivity index (χ1n) is 12.0. The molecule has 1 heterocycles. The first-order chi connectivity index (χ1) is 17.1. The fourth-order valence-corrected chi connectivity index (χ4v) is 10.7. The van der Waals surface area contributed by atoms with E-state index in [1.807, 2.05) is 61.5 Å². The molecule has 0 spiro atoms. The number of benzene rings is 3. The van der Waals surface area contributed by atoms with Crippen molar-refractivity contribution in [2.75, 3.05) is 5.75 Å². The highest BCUT2D eigenvalue weighted by Crippen LogP contribution is 2.37. The van der Waals surface area contributed by atoms with Gasteiger partial charge in [-0.3, -0.25) is 0 Å². The first-order valence-corrected chi connectivity index (χ1v) is 15.6. The predicted octanol–water partition coefficient (Wildman–Crippen LogP) is 3.79. The zero-order valence-corrected chi connectivity index (χ0v) is 22.9. The second-order valence-corrected chi connectivity index (χ2v) is 16.2. The van der Waals surface area contributed by atoms with E-state index in [0.717, 1.165) is 10.4 Å². The van der Waals surface area contributed by atoms with Crippen molar-refractivity contribution in [3.05, 3.63) is 91.0 Å². The molecule has 0 fully saturated rings. The number of nitrogens with zero attached hydrogens (tertiary/aromatic N) is 4. The smallest absolute Gasteiger partial charge is 0.272 e. The van der Waals surface area contributed by atoms with Crippen LogP contribution in [0.2, 0.25) is 5.04 Å². The Bertz CT molecular complexity index is 1330. The zero-order chi connectivity index (χ0) is 25.8. The number of hydrogen-bond donors (Lipinski definition) is 0. The molecule has 0 unspecified atom stereocenters. The second-order valence-electron chi connectivity index (χ2n) is 9.91. The summed E-state index contributed by atoms with van der Waals surface area (Å²) >= 11 is 0. The first kappa shape index (κ1) is 25.9. The molecule has 1 aromatic heterocycles. The highest BCUT2D eigenvalue weighted by Gasteiger charge is 2.51. The molecule has 3 aromatic carbocycles. The van der Waals surface area contributed by atoms with Crippen molar-refractivity contribution >= 4 is 28.5 Å². The van der Waals surface area contributed by atoms with E-state index < -0.39 is 18.2 Å². The van der Waals surface area contributed by atoms with Gasteiger partial charge in [-0.15, -0.1) is 0 Å². The Labute approximate surface area is 214 Å². The SMILES string of the molecule is C[C@H](CCS(=O)(=O)c1nnnn1-c1ccccc1)O[Si](c1ccccc1)(c1ccccc1)C(C)(C)C. The standard InChI is InChI=1S/C27H32N4O3SSi/c1-22(20-21-35(32,33)26-28-29-30-31(26)23-14-8-5-9-15-23)34-36(27(2,3)4,24-16-10-6-11-17-24)25-18-12-7-13-19-25/h5-19,22H,20-21H2,1-4H3/t22-/m1/s1. The van der Waals surface area contributed by atoms with Crippen LogP contribution in [0.25, 0.3) is 5.69 Å². The van der Waals surface area contributed by atoms with Crippen LogP contribution in [0.5, 0.6) is 0 Å². The summed E-state index contributed by atoms with van der Waals surface area (Å²) in [4.78, 5) is 0. The molecule has 0 aliphatic rings. The van der Waals surface area contributed by atoms with Crippen molar-refractivity contribution in [1.29, 1.82) is 0 Å². The molecule has 36 heavy (non-hydrogen) atoms. The van der Waals surface area contributed by atoms with Gasteiger partial charge in [0.2, 0.25) is 9.84 Å². The number of tetrazole rings is 1. The van der Waals surface area contributed by atoms with E-state index in [0.29, 0.717) is 12.1 Å². The quantitative estimate of drug-likeness (QED) is 0.312. The molecule has 7 nitrogen and oxygen atoms in total. The molecule has 4 rings (SSSR count). The molecular formula is C27H32N4O3SSi. The lowest BCUT2D eigenvalue weighted by atomic mass is 10.2. The van der Waals surface area contributed by atoms with Gasteiger partial charge >= 0.3 is 0 Å². The van der Waals surface area contributed by atoms with Crippen molar-refractivity contribution in [3.8, 4) is 5.69 Å². The van der Waals surface area contributed by atoms with Gasteiger partial charge in [0.1, 0.15) is 0 Å². The van der Waals surface area contributed by atoms with Crippen molar-refractivity contribution in [3.63, 3.8) is 0 Å². The summed E-state index contributed by atoms with van der Waals surface area (Å²) in [6, 6.07) is 29.7. The predicted molar refractivity (Wildman–Crippen MR) is 144 cm³/mol. The minimum Gasteiger partial charge on any atom is -0.405 e. The fraction of sp³-hybridized carbons (Fsp3) is 0.296. The van der Waals surface area contributed by atoms with Gasteiger partial charge in [0.15, 0.2) is 0 Å². The van der Waals surface area contributed by atoms with E-state index in [1.165, 1.54) is 4.68 Å². The van der Waals surface area contributed by atoms with Crippen LogP contribution in [0.1, 0.15) is 34.1 Å². The molecular weight excluding hydrogens is 488 g/mol. The third-order valence-electron chi connectivity index (χ3n) is 6.31. The van der Waals surface area contributed by atoms with Gasteiger partial charge in [0.25, 0.3) is 13.5 Å². The average molecular weight is 521 g/mol. The maximum atomic E-state index is 13.3. The van der Waals surface area contributed by atoms with E-state index in [4.69, 9.17) is 4.43 Å². The third-order valence-corrected chi connectivity index (χ3v) is 13.1. The molecule has 1 atom stereocenters. The topological polar surface area (TPSA) is 87.0 Å². The number of hydrogen-bond acceptors (Lipinski definition) is 6. The Morgan fingerprint density at radius 1 is 0.861 bits per heavy atom. The molecule has 0 radical (unpaired) electrons. The van der Waals surface area contributed by atoms with Crippen molar-refractivity contribution < 1.29 is 12.8 Å². The molecule has 0 aliphatic heterocycles. The van der Waals surface area contributed by atoms with Crippen LogP contribution < -0.4 is 10.4 Å². The molecule has 0 N–H and O–H groups in total. The molecule has 9 heteroatoms. The van der Waals surface area contributed by atoms with Crippen LogP contribution in [0, 0.1) is 0 Å². The average Bonchev–Trinajstić information content (AvgIpc) is 3.38. The fourth-order valence-electron chi connectivity index (χ4n) is 4.57. The maximum Gasteiger partial charge on any atom is 0.272 e. The lowest BCUT2D eigenvalue weighted by Gasteiger charge is -2.44. The highest BCUT2D eigenvalue weighted by molar-refractivity contribution is 7.91. The minimum absolute atomic E-state index is 0.125.